The van der Waals surface area contributed by atoms with Crippen LogP contribution in [-0.2, 0) is 4.74 Å². The van der Waals surface area contributed by atoms with Crippen LogP contribution in [0.25, 0.3) is 21.8 Å². The fourth-order valence-corrected chi connectivity index (χ4v) is 3.28. The summed E-state index contributed by atoms with van der Waals surface area (Å²) >= 11 is 0. The molecule has 1 aliphatic carbocycles. The van der Waals surface area contributed by atoms with Gasteiger partial charge in [-0.25, -0.2) is 4.79 Å². The maximum Gasteiger partial charge on any atom is 0.337 e. The topological polar surface area (TPSA) is 31.2 Å². The van der Waals surface area contributed by atoms with E-state index in [1.165, 1.54) is 42.7 Å². The molecule has 4 rings (SSSR count). The normalized spacial score (nSPS) is 15.3. The number of fused-ring (bicyclic) bond motifs is 3. The Bertz CT molecular complexity index is 843. The summed E-state index contributed by atoms with van der Waals surface area (Å²) in [6.45, 7) is 0. The Balaban J connectivity index is 2.05. The molecule has 2 aromatic carbocycles. The maximum absolute atomic E-state index is 11.8. The van der Waals surface area contributed by atoms with Gasteiger partial charge in [0.25, 0.3) is 0 Å². The fraction of sp³-hybridized carbons (Fsp3) is 0.278. The van der Waals surface area contributed by atoms with Crippen molar-refractivity contribution in [3.8, 4) is 0 Å². The number of para-hydroxylation sites is 1. The van der Waals surface area contributed by atoms with E-state index in [-0.39, 0.29) is 5.97 Å². The van der Waals surface area contributed by atoms with Crippen LogP contribution in [0.2, 0.25) is 0 Å². The summed E-state index contributed by atoms with van der Waals surface area (Å²) in [7, 11) is 1.42. The molecule has 1 saturated carbocycles. The molecule has 0 bridgehead atoms. The first-order valence-electron chi connectivity index (χ1n) is 7.40. The highest BCUT2D eigenvalue weighted by atomic mass is 16.5. The Morgan fingerprint density at radius 1 is 1.10 bits per heavy atom. The van der Waals surface area contributed by atoms with Crippen molar-refractivity contribution in [1.29, 1.82) is 0 Å². The van der Waals surface area contributed by atoms with E-state index in [9.17, 15) is 4.79 Å². The molecule has 0 amide bonds. The molecule has 3 heteroatoms. The molecular formula is C18H17NO2. The minimum Gasteiger partial charge on any atom is -0.465 e. The fourth-order valence-electron chi connectivity index (χ4n) is 3.28. The predicted octanol–water partition coefficient (Wildman–Crippen LogP) is 4.31. The number of hydrogen-bond donors (Lipinski definition) is 0. The van der Waals surface area contributed by atoms with Crippen molar-refractivity contribution in [3.05, 3.63) is 48.0 Å². The molecule has 21 heavy (non-hydrogen) atoms. The van der Waals surface area contributed by atoms with Gasteiger partial charge in [0.15, 0.2) is 0 Å². The van der Waals surface area contributed by atoms with E-state index >= 15 is 0 Å². The first-order chi connectivity index (χ1) is 10.3. The highest BCUT2D eigenvalue weighted by Gasteiger charge is 2.24. The van der Waals surface area contributed by atoms with Gasteiger partial charge < -0.3 is 9.30 Å². The van der Waals surface area contributed by atoms with Crippen LogP contribution in [0.3, 0.4) is 0 Å². The van der Waals surface area contributed by atoms with Crippen molar-refractivity contribution in [1.82, 2.24) is 4.57 Å². The molecule has 0 spiro atoms. The lowest BCUT2D eigenvalue weighted by molar-refractivity contribution is 0.0601. The van der Waals surface area contributed by atoms with Gasteiger partial charge in [0.1, 0.15) is 0 Å². The van der Waals surface area contributed by atoms with Crippen LogP contribution in [0.4, 0.5) is 0 Å². The number of hydrogen-bond acceptors (Lipinski definition) is 2. The van der Waals surface area contributed by atoms with E-state index in [0.29, 0.717) is 11.6 Å². The second-order valence-electron chi connectivity index (χ2n) is 5.70. The molecule has 1 fully saturated rings. The number of methoxy groups -OCH3 is 1. The smallest absolute Gasteiger partial charge is 0.337 e. The zero-order valence-corrected chi connectivity index (χ0v) is 12.0. The van der Waals surface area contributed by atoms with Crippen molar-refractivity contribution in [2.75, 3.05) is 7.11 Å². The van der Waals surface area contributed by atoms with Crippen LogP contribution in [-0.4, -0.2) is 17.6 Å². The third-order valence-electron chi connectivity index (χ3n) is 4.57. The lowest BCUT2D eigenvalue weighted by Gasteiger charge is -2.29. The standard InChI is InChI=1S/C18H17NO2/c1-21-18(20)12-9-10-15-14-7-2-3-8-16(14)19(17(15)11-12)13-5-4-6-13/h2-3,7-11,13H,4-6H2,1H3. The predicted molar refractivity (Wildman–Crippen MR) is 83.7 cm³/mol. The molecule has 1 heterocycles. The van der Waals surface area contributed by atoms with Crippen molar-refractivity contribution in [3.63, 3.8) is 0 Å². The minimum atomic E-state index is -0.276. The first-order valence-corrected chi connectivity index (χ1v) is 7.40. The monoisotopic (exact) mass is 279 g/mol. The summed E-state index contributed by atoms with van der Waals surface area (Å²) in [5, 5.41) is 2.47. The Labute approximate surface area is 123 Å². The maximum atomic E-state index is 11.8. The molecule has 0 N–H and O–H groups in total. The van der Waals surface area contributed by atoms with E-state index in [4.69, 9.17) is 4.74 Å². The second kappa shape index (κ2) is 4.62. The van der Waals surface area contributed by atoms with Gasteiger partial charge >= 0.3 is 5.97 Å². The lowest BCUT2D eigenvalue weighted by atomic mass is 9.92. The second-order valence-corrected chi connectivity index (χ2v) is 5.70. The van der Waals surface area contributed by atoms with Gasteiger partial charge in [0, 0.05) is 22.3 Å². The Morgan fingerprint density at radius 2 is 1.86 bits per heavy atom. The van der Waals surface area contributed by atoms with Crippen molar-refractivity contribution < 1.29 is 9.53 Å². The van der Waals surface area contributed by atoms with Crippen molar-refractivity contribution >= 4 is 27.8 Å². The van der Waals surface area contributed by atoms with Gasteiger partial charge in [0.05, 0.1) is 18.2 Å². The lowest BCUT2D eigenvalue weighted by Crippen LogP contribution is -2.16. The number of carbonyl (C=O) groups excluding carboxylic acids is 1. The number of rotatable bonds is 2. The first kappa shape index (κ1) is 12.5. The van der Waals surface area contributed by atoms with Crippen molar-refractivity contribution in [2.45, 2.75) is 25.3 Å². The molecule has 0 unspecified atom stereocenters. The van der Waals surface area contributed by atoms with Gasteiger partial charge in [-0.2, -0.15) is 0 Å². The van der Waals surface area contributed by atoms with E-state index < -0.39 is 0 Å². The Kier molecular flexibility index (Phi) is 2.74. The van der Waals surface area contributed by atoms with Gasteiger partial charge in [-0.1, -0.05) is 24.3 Å². The number of benzene rings is 2. The van der Waals surface area contributed by atoms with Crippen LogP contribution in [0.5, 0.6) is 0 Å². The molecule has 0 radical (unpaired) electrons. The average molecular weight is 279 g/mol. The Hall–Kier alpha value is -2.29. The number of esters is 1. The number of nitrogens with zero attached hydrogens (tertiary/aromatic N) is 1. The molecule has 3 aromatic rings. The quantitative estimate of drug-likeness (QED) is 0.655. The number of ether oxygens (including phenoxy) is 1. The Morgan fingerprint density at radius 3 is 2.57 bits per heavy atom. The van der Waals surface area contributed by atoms with Crippen LogP contribution in [0, 0.1) is 0 Å². The highest BCUT2D eigenvalue weighted by Crippen LogP contribution is 2.40. The third-order valence-corrected chi connectivity index (χ3v) is 4.57. The molecule has 0 saturated heterocycles. The average Bonchev–Trinajstić information content (AvgIpc) is 2.79. The molecule has 1 aromatic heterocycles. The summed E-state index contributed by atoms with van der Waals surface area (Å²) < 4.78 is 7.26. The van der Waals surface area contributed by atoms with Crippen LogP contribution in [0.15, 0.2) is 42.5 Å². The summed E-state index contributed by atoms with van der Waals surface area (Å²) in [5.41, 5.74) is 3.02. The van der Waals surface area contributed by atoms with Crippen LogP contribution >= 0.6 is 0 Å². The summed E-state index contributed by atoms with van der Waals surface area (Å²) in [6.07, 6.45) is 3.72. The molecule has 0 atom stereocenters. The van der Waals surface area contributed by atoms with Crippen molar-refractivity contribution in [2.24, 2.45) is 0 Å². The van der Waals surface area contributed by atoms with E-state index in [1.54, 1.807) is 0 Å². The van der Waals surface area contributed by atoms with E-state index in [0.717, 1.165) is 5.52 Å². The van der Waals surface area contributed by atoms with Gasteiger partial charge in [0.2, 0.25) is 0 Å². The minimum absolute atomic E-state index is 0.276. The SMILES string of the molecule is COC(=O)c1ccc2c3ccccc3n(C3CCC3)c2c1. The van der Waals surface area contributed by atoms with Gasteiger partial charge in [-0.3, -0.25) is 0 Å². The molecule has 1 aliphatic rings. The van der Waals surface area contributed by atoms with E-state index in [2.05, 4.69) is 28.8 Å². The third kappa shape index (κ3) is 1.77. The molecule has 0 aliphatic heterocycles. The highest BCUT2D eigenvalue weighted by molar-refractivity contribution is 6.09. The van der Waals surface area contributed by atoms with Gasteiger partial charge in [-0.15, -0.1) is 0 Å². The largest absolute Gasteiger partial charge is 0.465 e. The summed E-state index contributed by atoms with van der Waals surface area (Å²) in [6, 6.07) is 14.9. The molecular weight excluding hydrogens is 262 g/mol. The number of aromatic nitrogens is 1. The van der Waals surface area contributed by atoms with E-state index in [1.807, 2.05) is 18.2 Å². The zero-order valence-electron chi connectivity index (χ0n) is 12.0. The number of carbonyl (C=O) groups is 1. The molecule has 3 nitrogen and oxygen atoms in total. The van der Waals surface area contributed by atoms with Gasteiger partial charge in [-0.05, 0) is 37.5 Å². The molecule has 106 valence electrons. The zero-order chi connectivity index (χ0) is 14.4. The van der Waals surface area contributed by atoms with Crippen LogP contribution in [0.1, 0.15) is 35.7 Å². The summed E-state index contributed by atoms with van der Waals surface area (Å²) in [5.74, 6) is -0.276. The van der Waals surface area contributed by atoms with Crippen LogP contribution < -0.4 is 0 Å². The summed E-state index contributed by atoms with van der Waals surface area (Å²) in [4.78, 5) is 11.8.